The summed E-state index contributed by atoms with van der Waals surface area (Å²) in [6.07, 6.45) is 6.41. The number of hydrogen-bond acceptors (Lipinski definition) is 4. The molecule has 0 spiro atoms. The third-order valence-electron chi connectivity index (χ3n) is 3.03. The Morgan fingerprint density at radius 1 is 1.25 bits per heavy atom. The van der Waals surface area contributed by atoms with Crippen LogP contribution in [0.3, 0.4) is 0 Å². The monoisotopic (exact) mass is 228 g/mol. The number of unbranched alkanes of at least 4 members (excludes halogenated alkanes) is 1. The van der Waals surface area contributed by atoms with Crippen molar-refractivity contribution >= 4 is 5.97 Å². The maximum absolute atomic E-state index is 11.1. The maximum atomic E-state index is 11.1. The highest BCUT2D eigenvalue weighted by Crippen LogP contribution is 2.17. The number of hydrazine groups is 1. The molecule has 0 aromatic rings. The number of ether oxygens (including phenoxy) is 1. The van der Waals surface area contributed by atoms with Gasteiger partial charge in [-0.2, -0.15) is 0 Å². The molecule has 0 aromatic heterocycles. The summed E-state index contributed by atoms with van der Waals surface area (Å²) in [4.78, 5) is 11.1. The van der Waals surface area contributed by atoms with Crippen molar-refractivity contribution in [3.8, 4) is 0 Å². The molecule has 1 fully saturated rings. The van der Waals surface area contributed by atoms with E-state index in [9.17, 15) is 4.79 Å². The molecule has 0 atom stereocenters. The molecular weight excluding hydrogens is 204 g/mol. The number of hydrogen-bond donors (Lipinski definition) is 2. The van der Waals surface area contributed by atoms with Gasteiger partial charge in [-0.25, -0.2) is 0 Å². The number of carbonyl (C=O) groups excluding carboxylic acids is 1. The second kappa shape index (κ2) is 8.53. The summed E-state index contributed by atoms with van der Waals surface area (Å²) in [7, 11) is 0. The fraction of sp³-hybridized carbons (Fsp3) is 0.917. The van der Waals surface area contributed by atoms with Crippen molar-refractivity contribution in [3.05, 3.63) is 0 Å². The van der Waals surface area contributed by atoms with E-state index in [4.69, 9.17) is 4.74 Å². The summed E-state index contributed by atoms with van der Waals surface area (Å²) in [6.45, 7) is 4.47. The minimum absolute atomic E-state index is 0.0494. The van der Waals surface area contributed by atoms with Crippen LogP contribution in [0.1, 0.15) is 45.4 Å². The first-order valence-corrected chi connectivity index (χ1v) is 6.44. The molecule has 1 heterocycles. The molecule has 1 aliphatic heterocycles. The summed E-state index contributed by atoms with van der Waals surface area (Å²) in [5.41, 5.74) is 6.36. The third kappa shape index (κ3) is 6.08. The lowest BCUT2D eigenvalue weighted by molar-refractivity contribution is -0.143. The molecule has 0 unspecified atom stereocenters. The molecule has 0 saturated carbocycles. The summed E-state index contributed by atoms with van der Waals surface area (Å²) in [5, 5.41) is 0. The van der Waals surface area contributed by atoms with Crippen molar-refractivity contribution in [2.24, 2.45) is 5.92 Å². The Morgan fingerprint density at radius 2 is 1.94 bits per heavy atom. The molecule has 0 aliphatic carbocycles. The third-order valence-corrected chi connectivity index (χ3v) is 3.03. The lowest BCUT2D eigenvalue weighted by Gasteiger charge is -2.12. The van der Waals surface area contributed by atoms with E-state index in [0.717, 1.165) is 31.8 Å². The van der Waals surface area contributed by atoms with Crippen molar-refractivity contribution in [2.45, 2.75) is 45.4 Å². The predicted molar refractivity (Wildman–Crippen MR) is 63.8 cm³/mol. The van der Waals surface area contributed by atoms with Crippen LogP contribution >= 0.6 is 0 Å². The second-order valence-electron chi connectivity index (χ2n) is 4.35. The van der Waals surface area contributed by atoms with Gasteiger partial charge in [0.15, 0.2) is 0 Å². The second-order valence-corrected chi connectivity index (χ2v) is 4.35. The Bertz CT molecular complexity index is 189. The van der Waals surface area contributed by atoms with E-state index in [-0.39, 0.29) is 5.97 Å². The van der Waals surface area contributed by atoms with Crippen LogP contribution in [0, 0.1) is 5.92 Å². The van der Waals surface area contributed by atoms with Crippen LogP contribution in [0.25, 0.3) is 0 Å². The molecule has 0 bridgehead atoms. The Balaban J connectivity index is 1.99. The van der Waals surface area contributed by atoms with Gasteiger partial charge in [-0.1, -0.05) is 12.8 Å². The molecule has 1 aliphatic rings. The molecule has 0 radical (unpaired) electrons. The Hall–Kier alpha value is -0.610. The van der Waals surface area contributed by atoms with Crippen LogP contribution in [0.5, 0.6) is 0 Å². The molecule has 2 N–H and O–H groups in total. The van der Waals surface area contributed by atoms with Crippen LogP contribution in [0.15, 0.2) is 0 Å². The van der Waals surface area contributed by atoms with Crippen molar-refractivity contribution in [2.75, 3.05) is 19.7 Å². The molecule has 0 amide bonds. The SMILES string of the molecule is CCOC(=O)CCCCC1CCNNCC1. The van der Waals surface area contributed by atoms with Gasteiger partial charge in [-0.3, -0.25) is 15.6 Å². The first kappa shape index (κ1) is 13.5. The predicted octanol–water partition coefficient (Wildman–Crippen LogP) is 1.61. The summed E-state index contributed by atoms with van der Waals surface area (Å²) in [6, 6.07) is 0. The minimum Gasteiger partial charge on any atom is -0.466 e. The van der Waals surface area contributed by atoms with Gasteiger partial charge in [0.1, 0.15) is 0 Å². The average molecular weight is 228 g/mol. The standard InChI is InChI=1S/C12H24N2O2/c1-2-16-12(15)6-4-3-5-11-7-9-13-14-10-8-11/h11,13-14H,2-10H2,1H3. The van der Waals surface area contributed by atoms with Crippen LogP contribution < -0.4 is 10.9 Å². The van der Waals surface area contributed by atoms with E-state index in [1.807, 2.05) is 6.92 Å². The van der Waals surface area contributed by atoms with Gasteiger partial charge in [0, 0.05) is 19.5 Å². The molecule has 0 aromatic carbocycles. The van der Waals surface area contributed by atoms with Crippen LogP contribution in [-0.2, 0) is 9.53 Å². The summed E-state index contributed by atoms with van der Waals surface area (Å²) in [5.74, 6) is 0.761. The van der Waals surface area contributed by atoms with Crippen molar-refractivity contribution in [3.63, 3.8) is 0 Å². The first-order chi connectivity index (χ1) is 7.83. The first-order valence-electron chi connectivity index (χ1n) is 6.44. The zero-order chi connectivity index (χ0) is 11.6. The van der Waals surface area contributed by atoms with E-state index in [2.05, 4.69) is 10.9 Å². The number of carbonyl (C=O) groups is 1. The van der Waals surface area contributed by atoms with Crippen LogP contribution in [0.2, 0.25) is 0 Å². The molecular formula is C12H24N2O2. The van der Waals surface area contributed by atoms with E-state index < -0.39 is 0 Å². The lowest BCUT2D eigenvalue weighted by atomic mass is 9.95. The molecule has 1 saturated heterocycles. The number of esters is 1. The van der Waals surface area contributed by atoms with E-state index >= 15 is 0 Å². The van der Waals surface area contributed by atoms with E-state index in [1.54, 1.807) is 0 Å². The van der Waals surface area contributed by atoms with Gasteiger partial charge in [0.25, 0.3) is 0 Å². The van der Waals surface area contributed by atoms with Gasteiger partial charge < -0.3 is 4.74 Å². The normalized spacial score (nSPS) is 18.1. The van der Waals surface area contributed by atoms with E-state index in [0.29, 0.717) is 13.0 Å². The van der Waals surface area contributed by atoms with Crippen molar-refractivity contribution < 1.29 is 9.53 Å². The van der Waals surface area contributed by atoms with Crippen LogP contribution in [-0.4, -0.2) is 25.7 Å². The zero-order valence-corrected chi connectivity index (χ0v) is 10.3. The Morgan fingerprint density at radius 3 is 2.56 bits per heavy atom. The van der Waals surface area contributed by atoms with Crippen LogP contribution in [0.4, 0.5) is 0 Å². The molecule has 4 heteroatoms. The quantitative estimate of drug-likeness (QED) is 0.536. The van der Waals surface area contributed by atoms with Gasteiger partial charge in [0.05, 0.1) is 6.61 Å². The zero-order valence-electron chi connectivity index (χ0n) is 10.3. The number of rotatable bonds is 6. The molecule has 16 heavy (non-hydrogen) atoms. The fourth-order valence-electron chi connectivity index (χ4n) is 2.10. The highest BCUT2D eigenvalue weighted by Gasteiger charge is 2.11. The molecule has 1 rings (SSSR count). The van der Waals surface area contributed by atoms with Crippen molar-refractivity contribution in [1.29, 1.82) is 0 Å². The fourth-order valence-corrected chi connectivity index (χ4v) is 2.10. The average Bonchev–Trinajstić information content (AvgIpc) is 2.53. The summed E-state index contributed by atoms with van der Waals surface area (Å²) >= 11 is 0. The Labute approximate surface area is 98.1 Å². The maximum Gasteiger partial charge on any atom is 0.305 e. The highest BCUT2D eigenvalue weighted by atomic mass is 16.5. The van der Waals surface area contributed by atoms with Gasteiger partial charge in [0.2, 0.25) is 0 Å². The minimum atomic E-state index is -0.0494. The highest BCUT2D eigenvalue weighted by molar-refractivity contribution is 5.69. The van der Waals surface area contributed by atoms with Gasteiger partial charge >= 0.3 is 5.97 Å². The number of nitrogens with one attached hydrogen (secondary N) is 2. The summed E-state index contributed by atoms with van der Waals surface area (Å²) < 4.78 is 4.89. The molecule has 4 nitrogen and oxygen atoms in total. The van der Waals surface area contributed by atoms with Crippen molar-refractivity contribution in [1.82, 2.24) is 10.9 Å². The lowest BCUT2D eigenvalue weighted by Crippen LogP contribution is -2.30. The topological polar surface area (TPSA) is 50.4 Å². The smallest absolute Gasteiger partial charge is 0.305 e. The van der Waals surface area contributed by atoms with E-state index in [1.165, 1.54) is 19.3 Å². The van der Waals surface area contributed by atoms with Gasteiger partial charge in [-0.05, 0) is 32.1 Å². The molecule has 94 valence electrons. The Kier molecular flexibility index (Phi) is 7.17. The van der Waals surface area contributed by atoms with Gasteiger partial charge in [-0.15, -0.1) is 0 Å². The largest absolute Gasteiger partial charge is 0.466 e.